The molecule has 2 rings (SSSR count). The maximum atomic E-state index is 12.5. The number of anilines is 1. The van der Waals surface area contributed by atoms with Crippen molar-refractivity contribution in [2.75, 3.05) is 25.4 Å². The van der Waals surface area contributed by atoms with Gasteiger partial charge in [0.25, 0.3) is 5.91 Å². The summed E-state index contributed by atoms with van der Waals surface area (Å²) < 4.78 is 42.2. The first-order valence-electron chi connectivity index (χ1n) is 6.42. The summed E-state index contributed by atoms with van der Waals surface area (Å²) in [6.07, 6.45) is -4.59. The zero-order chi connectivity index (χ0) is 17.2. The molecular formula is C13H12F3N3O4. The standard InChI is InChI=1S/C13H12F3N3O4/c14-13(15,16)7-1-2-8(9(17)5-7)11(21)23-6-10(20)19-4-3-18-12(19)22/h1-2,5H,3-4,6,17H2,(H,18,22). The average Bonchev–Trinajstić information content (AvgIpc) is 2.89. The molecule has 0 saturated carbocycles. The number of hydrogen-bond acceptors (Lipinski definition) is 5. The molecule has 1 heterocycles. The SMILES string of the molecule is Nc1cc(C(F)(F)F)ccc1C(=O)OCC(=O)N1CCNC1=O. The van der Waals surface area contributed by atoms with Gasteiger partial charge in [-0.3, -0.25) is 9.69 Å². The zero-order valence-electron chi connectivity index (χ0n) is 11.6. The fourth-order valence-corrected chi connectivity index (χ4v) is 1.92. The van der Waals surface area contributed by atoms with Crippen molar-refractivity contribution in [3.63, 3.8) is 0 Å². The van der Waals surface area contributed by atoms with E-state index < -0.39 is 41.9 Å². The van der Waals surface area contributed by atoms with Gasteiger partial charge in [0.15, 0.2) is 6.61 Å². The molecule has 1 aromatic carbocycles. The largest absolute Gasteiger partial charge is 0.452 e. The Morgan fingerprint density at radius 3 is 2.57 bits per heavy atom. The number of nitrogens with zero attached hydrogens (tertiary/aromatic N) is 1. The van der Waals surface area contributed by atoms with Gasteiger partial charge in [-0.15, -0.1) is 0 Å². The summed E-state index contributed by atoms with van der Waals surface area (Å²) >= 11 is 0. The third kappa shape index (κ3) is 3.71. The Balaban J connectivity index is 2.01. The molecule has 1 aliphatic heterocycles. The number of imide groups is 1. The predicted octanol–water partition coefficient (Wildman–Crippen LogP) is 0.996. The number of benzene rings is 1. The molecule has 0 spiro atoms. The van der Waals surface area contributed by atoms with Crippen molar-refractivity contribution < 1.29 is 32.3 Å². The molecule has 1 aromatic rings. The second-order valence-electron chi connectivity index (χ2n) is 4.65. The van der Waals surface area contributed by atoms with E-state index in [1.807, 2.05) is 0 Å². The van der Waals surface area contributed by atoms with Crippen molar-refractivity contribution in [2.24, 2.45) is 0 Å². The molecule has 10 heteroatoms. The third-order valence-corrected chi connectivity index (χ3v) is 3.08. The molecule has 0 aliphatic carbocycles. The fraction of sp³-hybridized carbons (Fsp3) is 0.308. The smallest absolute Gasteiger partial charge is 0.416 e. The molecule has 1 aliphatic rings. The van der Waals surface area contributed by atoms with E-state index in [0.717, 1.165) is 11.0 Å². The number of esters is 1. The molecule has 7 nitrogen and oxygen atoms in total. The number of carbonyl (C=O) groups excluding carboxylic acids is 3. The number of ether oxygens (including phenoxy) is 1. The summed E-state index contributed by atoms with van der Waals surface area (Å²) in [5.74, 6) is -1.79. The number of nitrogen functional groups attached to an aromatic ring is 1. The van der Waals surface area contributed by atoms with Crippen LogP contribution < -0.4 is 11.1 Å². The summed E-state index contributed by atoms with van der Waals surface area (Å²) in [6, 6.07) is 1.56. The van der Waals surface area contributed by atoms with E-state index in [9.17, 15) is 27.6 Å². The highest BCUT2D eigenvalue weighted by atomic mass is 19.4. The van der Waals surface area contributed by atoms with Gasteiger partial charge >= 0.3 is 18.2 Å². The van der Waals surface area contributed by atoms with Gasteiger partial charge in [-0.2, -0.15) is 13.2 Å². The lowest BCUT2D eigenvalue weighted by Gasteiger charge is -2.13. The van der Waals surface area contributed by atoms with Gasteiger partial charge in [-0.05, 0) is 18.2 Å². The molecule has 124 valence electrons. The molecule has 23 heavy (non-hydrogen) atoms. The predicted molar refractivity (Wildman–Crippen MR) is 71.3 cm³/mol. The molecular weight excluding hydrogens is 319 g/mol. The minimum absolute atomic E-state index is 0.150. The Labute approximate surface area is 128 Å². The third-order valence-electron chi connectivity index (χ3n) is 3.08. The first kappa shape index (κ1) is 16.6. The van der Waals surface area contributed by atoms with Gasteiger partial charge in [-0.25, -0.2) is 9.59 Å². The maximum absolute atomic E-state index is 12.5. The van der Waals surface area contributed by atoms with Crippen LogP contribution in [0.2, 0.25) is 0 Å². The number of alkyl halides is 3. The molecule has 0 radical (unpaired) electrons. The Kier molecular flexibility index (Phi) is 4.43. The minimum atomic E-state index is -4.59. The molecule has 0 aromatic heterocycles. The second kappa shape index (κ2) is 6.15. The number of nitrogens with one attached hydrogen (secondary N) is 1. The van der Waals surface area contributed by atoms with E-state index in [1.165, 1.54) is 0 Å². The summed E-state index contributed by atoms with van der Waals surface area (Å²) in [6.45, 7) is -0.269. The first-order valence-corrected chi connectivity index (χ1v) is 6.42. The van der Waals surface area contributed by atoms with Crippen molar-refractivity contribution in [3.8, 4) is 0 Å². The number of urea groups is 1. The van der Waals surface area contributed by atoms with Crippen LogP contribution in [-0.2, 0) is 15.7 Å². The van der Waals surface area contributed by atoms with Crippen LogP contribution in [0.15, 0.2) is 18.2 Å². The van der Waals surface area contributed by atoms with Gasteiger partial charge in [0.1, 0.15) is 0 Å². The number of carbonyl (C=O) groups is 3. The van der Waals surface area contributed by atoms with Crippen LogP contribution in [0.25, 0.3) is 0 Å². The zero-order valence-corrected chi connectivity index (χ0v) is 11.6. The number of halogens is 3. The highest BCUT2D eigenvalue weighted by Crippen LogP contribution is 2.31. The summed E-state index contributed by atoms with van der Waals surface area (Å²) in [4.78, 5) is 35.5. The van der Waals surface area contributed by atoms with Crippen molar-refractivity contribution in [1.29, 1.82) is 0 Å². The Bertz CT molecular complexity index is 660. The monoisotopic (exact) mass is 331 g/mol. The summed E-state index contributed by atoms with van der Waals surface area (Å²) in [5.41, 5.74) is 3.69. The van der Waals surface area contributed by atoms with E-state index in [1.54, 1.807) is 0 Å². The van der Waals surface area contributed by atoms with Crippen molar-refractivity contribution in [3.05, 3.63) is 29.3 Å². The summed E-state index contributed by atoms with van der Waals surface area (Å²) in [5, 5.41) is 2.40. The molecule has 3 N–H and O–H groups in total. The topological polar surface area (TPSA) is 102 Å². The van der Waals surface area contributed by atoms with Crippen LogP contribution in [-0.4, -0.2) is 42.5 Å². The lowest BCUT2D eigenvalue weighted by Crippen LogP contribution is -2.37. The molecule has 1 saturated heterocycles. The van der Waals surface area contributed by atoms with E-state index in [2.05, 4.69) is 10.1 Å². The number of hydrogen-bond donors (Lipinski definition) is 2. The van der Waals surface area contributed by atoms with Crippen LogP contribution in [0.5, 0.6) is 0 Å². The molecule has 0 bridgehead atoms. The molecule has 0 atom stereocenters. The first-order chi connectivity index (χ1) is 10.7. The second-order valence-corrected chi connectivity index (χ2v) is 4.65. The highest BCUT2D eigenvalue weighted by molar-refractivity contribution is 5.99. The molecule has 3 amide bonds. The Morgan fingerprint density at radius 1 is 1.35 bits per heavy atom. The van der Waals surface area contributed by atoms with Crippen LogP contribution >= 0.6 is 0 Å². The van der Waals surface area contributed by atoms with Crippen molar-refractivity contribution in [1.82, 2.24) is 10.2 Å². The van der Waals surface area contributed by atoms with Gasteiger partial charge in [0.2, 0.25) is 0 Å². The number of rotatable bonds is 3. The normalized spacial score (nSPS) is 14.6. The van der Waals surface area contributed by atoms with Crippen molar-refractivity contribution in [2.45, 2.75) is 6.18 Å². The van der Waals surface area contributed by atoms with Gasteiger partial charge in [0.05, 0.1) is 11.1 Å². The van der Waals surface area contributed by atoms with E-state index in [-0.39, 0.29) is 12.1 Å². The van der Waals surface area contributed by atoms with E-state index >= 15 is 0 Å². The number of nitrogens with two attached hydrogens (primary N) is 1. The number of amides is 3. The molecule has 1 fully saturated rings. The van der Waals surface area contributed by atoms with Crippen LogP contribution in [0.1, 0.15) is 15.9 Å². The quantitative estimate of drug-likeness (QED) is 0.635. The van der Waals surface area contributed by atoms with Gasteiger partial charge in [-0.1, -0.05) is 0 Å². The Morgan fingerprint density at radius 2 is 2.04 bits per heavy atom. The highest BCUT2D eigenvalue weighted by Gasteiger charge is 2.31. The molecule has 0 unspecified atom stereocenters. The van der Waals surface area contributed by atoms with Gasteiger partial charge < -0.3 is 15.8 Å². The van der Waals surface area contributed by atoms with Crippen LogP contribution in [0.3, 0.4) is 0 Å². The van der Waals surface area contributed by atoms with E-state index in [0.29, 0.717) is 18.7 Å². The van der Waals surface area contributed by atoms with Gasteiger partial charge in [0, 0.05) is 18.8 Å². The minimum Gasteiger partial charge on any atom is -0.452 e. The maximum Gasteiger partial charge on any atom is 0.416 e. The summed E-state index contributed by atoms with van der Waals surface area (Å²) in [7, 11) is 0. The average molecular weight is 331 g/mol. The van der Waals surface area contributed by atoms with Crippen LogP contribution in [0.4, 0.5) is 23.7 Å². The van der Waals surface area contributed by atoms with E-state index in [4.69, 9.17) is 5.73 Å². The van der Waals surface area contributed by atoms with Crippen LogP contribution in [0, 0.1) is 0 Å². The Hall–Kier alpha value is -2.78. The lowest BCUT2D eigenvalue weighted by atomic mass is 10.1. The lowest BCUT2D eigenvalue weighted by molar-refractivity contribution is -0.137. The van der Waals surface area contributed by atoms with Crippen molar-refractivity contribution >= 4 is 23.6 Å². The fourth-order valence-electron chi connectivity index (χ4n) is 1.92.